The van der Waals surface area contributed by atoms with E-state index in [0.29, 0.717) is 6.42 Å². The molecule has 9 heteroatoms. The van der Waals surface area contributed by atoms with Crippen molar-refractivity contribution in [2.45, 2.75) is 95.0 Å². The molecule has 2 aliphatic heterocycles. The molecule has 7 bridgehead atoms. The van der Waals surface area contributed by atoms with Crippen LogP contribution in [0.15, 0.2) is 0 Å². The van der Waals surface area contributed by atoms with Gasteiger partial charge in [0.05, 0.1) is 18.2 Å². The van der Waals surface area contributed by atoms with Crippen molar-refractivity contribution >= 4 is 11.9 Å². The van der Waals surface area contributed by atoms with Crippen LogP contribution >= 0.6 is 0 Å². The Labute approximate surface area is 218 Å². The number of carbonyl (C=O) groups is 2. The first kappa shape index (κ1) is 24.8. The molecule has 7 fully saturated rings. The van der Waals surface area contributed by atoms with Gasteiger partial charge >= 0.3 is 11.9 Å². The molecule has 0 amide bonds. The Hall–Kier alpha value is -1.26. The van der Waals surface area contributed by atoms with Gasteiger partial charge in [-0.1, -0.05) is 13.8 Å². The van der Waals surface area contributed by atoms with Crippen LogP contribution in [0.1, 0.15) is 53.4 Å². The molecule has 13 atom stereocenters. The monoisotopic (exact) mass is 519 g/mol. The number of hydrogen-bond acceptors (Lipinski definition) is 9. The zero-order valence-corrected chi connectivity index (χ0v) is 22.9. The number of ether oxygens (including phenoxy) is 6. The van der Waals surface area contributed by atoms with E-state index in [2.05, 4.69) is 18.7 Å². The summed E-state index contributed by atoms with van der Waals surface area (Å²) < 4.78 is 38.9. The highest BCUT2D eigenvalue weighted by atomic mass is 16.7. The van der Waals surface area contributed by atoms with Crippen LogP contribution in [-0.2, 0) is 38.0 Å². The van der Waals surface area contributed by atoms with Crippen LogP contribution in [0.25, 0.3) is 0 Å². The summed E-state index contributed by atoms with van der Waals surface area (Å²) in [6.45, 7) is 9.50. The molecule has 0 N–H and O–H groups in total. The van der Waals surface area contributed by atoms with Gasteiger partial charge in [0, 0.05) is 64.2 Å². The first-order chi connectivity index (χ1) is 17.7. The summed E-state index contributed by atoms with van der Waals surface area (Å²) in [6.07, 6.45) is 2.41. The van der Waals surface area contributed by atoms with Crippen molar-refractivity contribution < 1.29 is 38.0 Å². The Kier molecular flexibility index (Phi) is 5.14. The van der Waals surface area contributed by atoms with Gasteiger partial charge < -0.3 is 28.4 Å². The van der Waals surface area contributed by atoms with Gasteiger partial charge in [0.1, 0.15) is 24.6 Å². The predicted molar refractivity (Wildman–Crippen MR) is 129 cm³/mol. The standard InChI is InChI=1S/C28H41NO8/c1-7-29-12-25(4)9-8-19(32-5)27-17-10-16-18(36-14(2)30)11-26(20(17)21(16)33-6)28(24(27)29,35-13-34-26)23(22(25)27)37-15(3)31/h16-24H,7-13H2,1-6H3/t16-,17-,18+,19+,20-,21+,22-,23+,24?,25+,26-,27+,28-/m1/s1. The third-order valence-electron chi connectivity index (χ3n) is 12.1. The third-order valence-corrected chi connectivity index (χ3v) is 12.1. The summed E-state index contributed by atoms with van der Waals surface area (Å²) in [5.41, 5.74) is -2.05. The van der Waals surface area contributed by atoms with Crippen LogP contribution in [0, 0.1) is 34.5 Å². The molecule has 5 saturated carbocycles. The Morgan fingerprint density at radius 2 is 1.84 bits per heavy atom. The second-order valence-electron chi connectivity index (χ2n) is 13.1. The average Bonchev–Trinajstić information content (AvgIpc) is 3.42. The van der Waals surface area contributed by atoms with Gasteiger partial charge in [0.15, 0.2) is 5.60 Å². The molecule has 1 unspecified atom stereocenters. The molecule has 206 valence electrons. The van der Waals surface area contributed by atoms with Crippen molar-refractivity contribution in [2.75, 3.05) is 34.1 Å². The third kappa shape index (κ3) is 2.51. The zero-order chi connectivity index (χ0) is 26.1. The lowest BCUT2D eigenvalue weighted by Crippen LogP contribution is -2.81. The fourth-order valence-corrected chi connectivity index (χ4v) is 11.8. The Morgan fingerprint density at radius 3 is 2.49 bits per heavy atom. The Balaban J connectivity index is 1.55. The van der Waals surface area contributed by atoms with Crippen LogP contribution < -0.4 is 0 Å². The van der Waals surface area contributed by atoms with Gasteiger partial charge in [0.2, 0.25) is 0 Å². The van der Waals surface area contributed by atoms with E-state index in [4.69, 9.17) is 28.4 Å². The number of esters is 2. The first-order valence-corrected chi connectivity index (χ1v) is 14.1. The molecule has 3 spiro atoms. The van der Waals surface area contributed by atoms with Crippen LogP contribution in [0.2, 0.25) is 0 Å². The van der Waals surface area contributed by atoms with E-state index in [-0.39, 0.29) is 77.6 Å². The lowest BCUT2D eigenvalue weighted by atomic mass is 9.43. The second-order valence-corrected chi connectivity index (χ2v) is 13.1. The smallest absolute Gasteiger partial charge is 0.303 e. The molecule has 0 aromatic rings. The quantitative estimate of drug-likeness (QED) is 0.507. The maximum Gasteiger partial charge on any atom is 0.303 e. The number of likely N-dealkylation sites (N-methyl/N-ethyl adjacent to an activating group) is 1. The highest BCUT2D eigenvalue weighted by Crippen LogP contribution is 2.82. The molecule has 37 heavy (non-hydrogen) atoms. The maximum absolute atomic E-state index is 12.8. The summed E-state index contributed by atoms with van der Waals surface area (Å²) in [5.74, 6) is -0.193. The molecule has 7 aliphatic rings. The van der Waals surface area contributed by atoms with Gasteiger partial charge in [-0.2, -0.15) is 0 Å². The lowest BCUT2D eigenvalue weighted by Gasteiger charge is -2.69. The zero-order valence-electron chi connectivity index (χ0n) is 22.9. The van der Waals surface area contributed by atoms with E-state index < -0.39 is 17.3 Å². The summed E-state index contributed by atoms with van der Waals surface area (Å²) in [6, 6.07) is -0.0336. The molecule has 2 heterocycles. The highest BCUT2D eigenvalue weighted by molar-refractivity contribution is 5.67. The minimum absolute atomic E-state index is 0.00131. The summed E-state index contributed by atoms with van der Waals surface area (Å²) in [7, 11) is 3.60. The van der Waals surface area contributed by atoms with E-state index >= 15 is 0 Å². The van der Waals surface area contributed by atoms with Crippen molar-refractivity contribution in [1.29, 1.82) is 0 Å². The molecule has 7 rings (SSSR count). The number of hydrogen-bond donors (Lipinski definition) is 0. The molecule has 0 aromatic carbocycles. The fraction of sp³-hybridized carbons (Fsp3) is 0.929. The van der Waals surface area contributed by atoms with Crippen molar-refractivity contribution in [3.8, 4) is 0 Å². The summed E-state index contributed by atoms with van der Waals surface area (Å²) >= 11 is 0. The van der Waals surface area contributed by atoms with Crippen molar-refractivity contribution in [1.82, 2.24) is 4.90 Å². The summed E-state index contributed by atoms with van der Waals surface area (Å²) in [4.78, 5) is 27.7. The van der Waals surface area contributed by atoms with Gasteiger partial charge in [0.25, 0.3) is 0 Å². The van der Waals surface area contributed by atoms with Crippen LogP contribution in [-0.4, -0.2) is 92.6 Å². The number of methoxy groups -OCH3 is 2. The Bertz CT molecular complexity index is 1020. The molecule has 0 radical (unpaired) electrons. The van der Waals surface area contributed by atoms with Gasteiger partial charge in [-0.05, 0) is 37.1 Å². The van der Waals surface area contributed by atoms with Crippen LogP contribution in [0.5, 0.6) is 0 Å². The molecular weight excluding hydrogens is 478 g/mol. The predicted octanol–water partition coefficient (Wildman–Crippen LogP) is 2.15. The topological polar surface area (TPSA) is 92.8 Å². The normalized spacial score (nSPS) is 56.6. The van der Waals surface area contributed by atoms with E-state index in [1.807, 2.05) is 7.11 Å². The van der Waals surface area contributed by atoms with Gasteiger partial charge in [-0.25, -0.2) is 0 Å². The van der Waals surface area contributed by atoms with Crippen LogP contribution in [0.3, 0.4) is 0 Å². The average molecular weight is 520 g/mol. The van der Waals surface area contributed by atoms with E-state index in [0.717, 1.165) is 32.4 Å². The highest BCUT2D eigenvalue weighted by Gasteiger charge is 2.94. The second kappa shape index (κ2) is 7.68. The van der Waals surface area contributed by atoms with E-state index in [1.54, 1.807) is 7.11 Å². The minimum atomic E-state index is -0.899. The number of likely N-dealkylation sites (tertiary alicyclic amines) is 1. The van der Waals surface area contributed by atoms with Crippen molar-refractivity contribution in [3.05, 3.63) is 0 Å². The number of carbonyl (C=O) groups excluding carboxylic acids is 2. The first-order valence-electron chi connectivity index (χ1n) is 14.1. The van der Waals surface area contributed by atoms with Crippen molar-refractivity contribution in [3.63, 3.8) is 0 Å². The Morgan fingerprint density at radius 1 is 1.08 bits per heavy atom. The number of rotatable bonds is 5. The number of piperidine rings is 1. The largest absolute Gasteiger partial charge is 0.462 e. The number of fused-ring (bicyclic) bond motifs is 1. The van der Waals surface area contributed by atoms with Gasteiger partial charge in [-0.15, -0.1) is 0 Å². The number of nitrogens with zero attached hydrogens (tertiary/aromatic N) is 1. The molecule has 5 aliphatic carbocycles. The van der Waals surface area contributed by atoms with Gasteiger partial charge in [-0.3, -0.25) is 14.5 Å². The minimum Gasteiger partial charge on any atom is -0.462 e. The molecule has 0 aromatic heterocycles. The van der Waals surface area contributed by atoms with E-state index in [9.17, 15) is 9.59 Å². The molecule has 9 nitrogen and oxygen atoms in total. The SMILES string of the molecule is CCN1C[C@]2(C)CC[C@H](OC)[C@@]34C1[C@]1(OCO[C@@]15C[C@H](OC(C)=O)[C@H]1C[C@@H]3[C@@H]5[C@H]1OC)[C@@H](OC(C)=O)[C@H]24. The summed E-state index contributed by atoms with van der Waals surface area (Å²) in [5, 5.41) is 0. The molecule has 2 saturated heterocycles. The lowest BCUT2D eigenvalue weighted by molar-refractivity contribution is -0.282. The van der Waals surface area contributed by atoms with E-state index in [1.165, 1.54) is 13.8 Å². The molecular formula is C28H41NO8. The maximum atomic E-state index is 12.8. The fourth-order valence-electron chi connectivity index (χ4n) is 11.8. The van der Waals surface area contributed by atoms with Crippen LogP contribution in [0.4, 0.5) is 0 Å². The van der Waals surface area contributed by atoms with Crippen molar-refractivity contribution in [2.24, 2.45) is 34.5 Å².